The van der Waals surface area contributed by atoms with Gasteiger partial charge in [-0.1, -0.05) is 11.8 Å². The molecular weight excluding hydrogens is 383 g/mol. The van der Waals surface area contributed by atoms with Gasteiger partial charge >= 0.3 is 0 Å². The first-order valence-electron chi connectivity index (χ1n) is 8.38. The average molecular weight is 403 g/mol. The molecule has 4 nitrogen and oxygen atoms in total. The van der Waals surface area contributed by atoms with Crippen LogP contribution in [0.1, 0.15) is 17.7 Å². The number of amides is 1. The highest BCUT2D eigenvalue weighted by Crippen LogP contribution is 2.32. The van der Waals surface area contributed by atoms with E-state index in [1.807, 2.05) is 37.4 Å². The Morgan fingerprint density at radius 3 is 2.67 bits per heavy atom. The van der Waals surface area contributed by atoms with Crippen LogP contribution in [0.4, 0.5) is 10.1 Å². The van der Waals surface area contributed by atoms with Crippen LogP contribution in [0.2, 0.25) is 0 Å². The van der Waals surface area contributed by atoms with Gasteiger partial charge in [0, 0.05) is 21.7 Å². The number of aromatic nitrogens is 1. The molecule has 0 aliphatic rings. The van der Waals surface area contributed by atoms with Gasteiger partial charge in [0.25, 0.3) is 0 Å². The zero-order valence-corrected chi connectivity index (χ0v) is 16.6. The third-order valence-electron chi connectivity index (χ3n) is 3.69. The monoisotopic (exact) mass is 402 g/mol. The number of hydrogen-bond acceptors (Lipinski definition) is 5. The Labute approximate surface area is 165 Å². The molecule has 0 unspecified atom stereocenters. The summed E-state index contributed by atoms with van der Waals surface area (Å²) in [4.78, 5) is 17.7. The molecule has 0 saturated heterocycles. The van der Waals surface area contributed by atoms with Gasteiger partial charge in [-0.05, 0) is 61.9 Å². The fourth-order valence-electron chi connectivity index (χ4n) is 2.33. The molecule has 2 aromatic carbocycles. The average Bonchev–Trinajstić information content (AvgIpc) is 3.04. The Kier molecular flexibility index (Phi) is 6.47. The smallest absolute Gasteiger partial charge is 0.227 e. The predicted octanol–water partition coefficient (Wildman–Crippen LogP) is 5.46. The van der Waals surface area contributed by atoms with Crippen molar-refractivity contribution in [1.82, 2.24) is 4.98 Å². The van der Waals surface area contributed by atoms with E-state index in [-0.39, 0.29) is 24.8 Å². The number of halogens is 1. The van der Waals surface area contributed by atoms with Crippen LogP contribution in [-0.2, 0) is 4.79 Å². The second-order valence-corrected chi connectivity index (χ2v) is 8.11. The number of anilines is 1. The van der Waals surface area contributed by atoms with Gasteiger partial charge in [-0.25, -0.2) is 9.37 Å². The first-order valence-corrected chi connectivity index (χ1v) is 10.1. The zero-order chi connectivity index (χ0) is 19.2. The van der Waals surface area contributed by atoms with Crippen LogP contribution in [0, 0.1) is 19.7 Å². The summed E-state index contributed by atoms with van der Waals surface area (Å²) in [5.74, 6) is 0.0949. The molecule has 0 atom stereocenters. The van der Waals surface area contributed by atoms with E-state index in [9.17, 15) is 9.18 Å². The SMILES string of the molecule is Cc1csc(Sc2ccc(NC(=O)CCOc3ccc(F)cc3)c(C)c2)n1. The summed E-state index contributed by atoms with van der Waals surface area (Å²) in [6.07, 6.45) is 0.214. The van der Waals surface area contributed by atoms with Gasteiger partial charge in [0.05, 0.1) is 13.0 Å². The molecule has 1 amide bonds. The summed E-state index contributed by atoms with van der Waals surface area (Å²) >= 11 is 3.23. The molecule has 1 aromatic heterocycles. The van der Waals surface area contributed by atoms with Crippen LogP contribution in [0.3, 0.4) is 0 Å². The van der Waals surface area contributed by atoms with Crippen LogP contribution < -0.4 is 10.1 Å². The maximum absolute atomic E-state index is 12.8. The number of nitrogens with zero attached hydrogens (tertiary/aromatic N) is 1. The van der Waals surface area contributed by atoms with E-state index in [1.165, 1.54) is 24.3 Å². The number of aryl methyl sites for hydroxylation is 2. The van der Waals surface area contributed by atoms with E-state index in [2.05, 4.69) is 10.3 Å². The maximum Gasteiger partial charge on any atom is 0.227 e. The van der Waals surface area contributed by atoms with E-state index in [0.29, 0.717) is 5.75 Å². The van der Waals surface area contributed by atoms with Crippen molar-refractivity contribution < 1.29 is 13.9 Å². The third-order valence-corrected chi connectivity index (χ3v) is 5.73. The van der Waals surface area contributed by atoms with Gasteiger partial charge < -0.3 is 10.1 Å². The number of rotatable bonds is 7. The largest absolute Gasteiger partial charge is 0.493 e. The van der Waals surface area contributed by atoms with Crippen molar-refractivity contribution in [3.8, 4) is 5.75 Å². The quantitative estimate of drug-likeness (QED) is 0.570. The van der Waals surface area contributed by atoms with Gasteiger partial charge in [-0.2, -0.15) is 0 Å². The number of benzene rings is 2. The highest BCUT2D eigenvalue weighted by molar-refractivity contribution is 8.01. The topological polar surface area (TPSA) is 51.2 Å². The molecule has 3 rings (SSSR count). The summed E-state index contributed by atoms with van der Waals surface area (Å²) < 4.78 is 19.3. The second kappa shape index (κ2) is 9.01. The molecule has 1 N–H and O–H groups in total. The highest BCUT2D eigenvalue weighted by Gasteiger charge is 2.08. The molecule has 0 aliphatic carbocycles. The standard InChI is InChI=1S/C20H19FN2O2S2/c1-13-11-17(27-20-22-14(2)12-26-20)7-8-18(13)23-19(24)9-10-25-16-5-3-15(21)4-6-16/h3-8,11-12H,9-10H2,1-2H3,(H,23,24). The van der Waals surface area contributed by atoms with E-state index in [4.69, 9.17) is 4.74 Å². The normalized spacial score (nSPS) is 10.6. The minimum Gasteiger partial charge on any atom is -0.493 e. The summed E-state index contributed by atoms with van der Waals surface area (Å²) in [6.45, 7) is 4.17. The van der Waals surface area contributed by atoms with Crippen LogP contribution in [0.5, 0.6) is 5.75 Å². The number of thiazole rings is 1. The number of carbonyl (C=O) groups excluding carboxylic acids is 1. The van der Waals surface area contributed by atoms with E-state index in [0.717, 1.165) is 26.2 Å². The van der Waals surface area contributed by atoms with Crippen LogP contribution >= 0.6 is 23.1 Å². The molecule has 0 spiro atoms. The summed E-state index contributed by atoms with van der Waals surface area (Å²) in [6, 6.07) is 11.6. The Balaban J connectivity index is 1.50. The van der Waals surface area contributed by atoms with Crippen LogP contribution in [0.15, 0.2) is 57.1 Å². The van der Waals surface area contributed by atoms with E-state index >= 15 is 0 Å². The minimum absolute atomic E-state index is 0.129. The van der Waals surface area contributed by atoms with Gasteiger partial charge in [0.2, 0.25) is 5.91 Å². The molecule has 27 heavy (non-hydrogen) atoms. The molecule has 1 heterocycles. The molecule has 0 bridgehead atoms. The summed E-state index contributed by atoms with van der Waals surface area (Å²) in [5, 5.41) is 4.93. The third kappa shape index (κ3) is 5.80. The predicted molar refractivity (Wildman–Crippen MR) is 107 cm³/mol. The molecule has 0 radical (unpaired) electrons. The lowest BCUT2D eigenvalue weighted by atomic mass is 10.2. The maximum atomic E-state index is 12.8. The number of carbonyl (C=O) groups is 1. The van der Waals surface area contributed by atoms with Gasteiger partial charge in [0.1, 0.15) is 11.6 Å². The van der Waals surface area contributed by atoms with E-state index in [1.54, 1.807) is 23.1 Å². The van der Waals surface area contributed by atoms with Crippen molar-refractivity contribution >= 4 is 34.7 Å². The van der Waals surface area contributed by atoms with Crippen molar-refractivity contribution in [1.29, 1.82) is 0 Å². The van der Waals surface area contributed by atoms with Crippen LogP contribution in [-0.4, -0.2) is 17.5 Å². The lowest BCUT2D eigenvalue weighted by molar-refractivity contribution is -0.116. The molecule has 7 heteroatoms. The first kappa shape index (κ1) is 19.4. The summed E-state index contributed by atoms with van der Waals surface area (Å²) in [7, 11) is 0. The molecule has 140 valence electrons. The van der Waals surface area contributed by atoms with Crippen LogP contribution in [0.25, 0.3) is 0 Å². The second-order valence-electron chi connectivity index (χ2n) is 5.93. The Morgan fingerprint density at radius 2 is 2.00 bits per heavy atom. The van der Waals surface area contributed by atoms with Crippen molar-refractivity contribution in [2.24, 2.45) is 0 Å². The number of nitrogens with one attached hydrogen (secondary N) is 1. The Hall–Kier alpha value is -2.38. The van der Waals surface area contributed by atoms with Crippen molar-refractivity contribution in [3.63, 3.8) is 0 Å². The van der Waals surface area contributed by atoms with Crippen molar-refractivity contribution in [2.45, 2.75) is 29.5 Å². The van der Waals surface area contributed by atoms with Crippen molar-refractivity contribution in [3.05, 3.63) is 64.9 Å². The number of ether oxygens (including phenoxy) is 1. The fourth-order valence-corrected chi connectivity index (χ4v) is 4.23. The zero-order valence-electron chi connectivity index (χ0n) is 15.0. The van der Waals surface area contributed by atoms with Gasteiger partial charge in [-0.15, -0.1) is 11.3 Å². The lowest BCUT2D eigenvalue weighted by Gasteiger charge is -2.10. The van der Waals surface area contributed by atoms with Crippen molar-refractivity contribution in [2.75, 3.05) is 11.9 Å². The van der Waals surface area contributed by atoms with E-state index < -0.39 is 0 Å². The molecule has 0 fully saturated rings. The molecule has 3 aromatic rings. The highest BCUT2D eigenvalue weighted by atomic mass is 32.2. The first-order chi connectivity index (χ1) is 13.0. The molecular formula is C20H19FN2O2S2. The Morgan fingerprint density at radius 1 is 1.22 bits per heavy atom. The van der Waals surface area contributed by atoms with Gasteiger partial charge in [-0.3, -0.25) is 4.79 Å². The lowest BCUT2D eigenvalue weighted by Crippen LogP contribution is -2.15. The minimum atomic E-state index is -0.317. The number of hydrogen-bond donors (Lipinski definition) is 1. The summed E-state index contributed by atoms with van der Waals surface area (Å²) in [5.41, 5.74) is 2.79. The van der Waals surface area contributed by atoms with Gasteiger partial charge in [0.15, 0.2) is 4.34 Å². The Bertz CT molecular complexity index is 926. The molecule has 0 saturated carbocycles. The molecule has 0 aliphatic heterocycles. The fraction of sp³-hybridized carbons (Fsp3) is 0.200.